The minimum Gasteiger partial charge on any atom is -0.462 e. The van der Waals surface area contributed by atoms with Crippen LogP contribution >= 0.6 is 11.3 Å². The Balaban J connectivity index is 1.88. The topological polar surface area (TPSA) is 78.8 Å². The van der Waals surface area contributed by atoms with Gasteiger partial charge in [-0.15, -0.1) is 11.3 Å². The predicted octanol–water partition coefficient (Wildman–Crippen LogP) is 3.22. The lowest BCUT2D eigenvalue weighted by Gasteiger charge is -2.34. The van der Waals surface area contributed by atoms with Crippen LogP contribution in [-0.4, -0.2) is 61.6 Å². The molecule has 2 atom stereocenters. The predicted molar refractivity (Wildman–Crippen MR) is 120 cm³/mol. The number of thiazole rings is 1. The first-order valence-corrected chi connectivity index (χ1v) is 11.5. The van der Waals surface area contributed by atoms with Crippen LogP contribution in [0.25, 0.3) is 0 Å². The Morgan fingerprint density at radius 3 is 2.83 bits per heavy atom. The van der Waals surface area contributed by atoms with Crippen molar-refractivity contribution >= 4 is 23.3 Å². The lowest BCUT2D eigenvalue weighted by atomic mass is 9.97. The standard InChI is InChI=1S/C21H37N5O2S/c1-7-28-20(27)18-15(4)24-19(29-18)16(5)25-21(22-6)23-11-17-9-8-10-26(13-17)12-14(2)3/h14,16-17H,7-13H2,1-6H3,(H2,22,23,25). The molecule has 0 aliphatic carbocycles. The van der Waals surface area contributed by atoms with Gasteiger partial charge in [0.1, 0.15) is 9.88 Å². The molecule has 2 heterocycles. The highest BCUT2D eigenvalue weighted by molar-refractivity contribution is 7.13. The molecule has 1 fully saturated rings. The van der Waals surface area contributed by atoms with Gasteiger partial charge in [0.15, 0.2) is 5.96 Å². The van der Waals surface area contributed by atoms with E-state index in [9.17, 15) is 4.79 Å². The maximum absolute atomic E-state index is 12.0. The number of rotatable bonds is 8. The number of aliphatic imine (C=N–C) groups is 1. The normalized spacial score (nSPS) is 19.3. The van der Waals surface area contributed by atoms with Gasteiger partial charge in [0.05, 0.1) is 18.3 Å². The van der Waals surface area contributed by atoms with Crippen LogP contribution in [-0.2, 0) is 4.74 Å². The Labute approximate surface area is 179 Å². The molecule has 2 N–H and O–H groups in total. The van der Waals surface area contributed by atoms with Crippen LogP contribution in [0.5, 0.6) is 0 Å². The maximum Gasteiger partial charge on any atom is 0.350 e. The Morgan fingerprint density at radius 1 is 1.41 bits per heavy atom. The molecule has 1 saturated heterocycles. The fourth-order valence-corrected chi connectivity index (χ4v) is 4.65. The number of hydrogen-bond donors (Lipinski definition) is 2. The Hall–Kier alpha value is -1.67. The third-order valence-electron chi connectivity index (χ3n) is 5.01. The molecule has 0 saturated carbocycles. The van der Waals surface area contributed by atoms with Crippen molar-refractivity contribution in [3.63, 3.8) is 0 Å². The lowest BCUT2D eigenvalue weighted by molar-refractivity contribution is 0.0531. The number of nitrogens with zero attached hydrogens (tertiary/aromatic N) is 3. The lowest BCUT2D eigenvalue weighted by Crippen LogP contribution is -2.45. The van der Waals surface area contributed by atoms with Gasteiger partial charge < -0.3 is 20.3 Å². The van der Waals surface area contributed by atoms with E-state index in [-0.39, 0.29) is 12.0 Å². The number of carbonyl (C=O) groups is 1. The Kier molecular flexibility index (Phi) is 9.36. The summed E-state index contributed by atoms with van der Waals surface area (Å²) < 4.78 is 5.11. The Morgan fingerprint density at radius 2 is 2.17 bits per heavy atom. The maximum atomic E-state index is 12.0. The van der Waals surface area contributed by atoms with Crippen LogP contribution in [0.4, 0.5) is 0 Å². The monoisotopic (exact) mass is 423 g/mol. The number of aryl methyl sites for hydroxylation is 1. The van der Waals surface area contributed by atoms with Crippen LogP contribution in [0.2, 0.25) is 0 Å². The number of esters is 1. The van der Waals surface area contributed by atoms with E-state index in [4.69, 9.17) is 4.74 Å². The van der Waals surface area contributed by atoms with E-state index < -0.39 is 0 Å². The molecule has 1 aliphatic heterocycles. The molecular weight excluding hydrogens is 386 g/mol. The number of carbonyl (C=O) groups excluding carboxylic acids is 1. The highest BCUT2D eigenvalue weighted by atomic mass is 32.1. The van der Waals surface area contributed by atoms with Crippen molar-refractivity contribution < 1.29 is 9.53 Å². The second-order valence-electron chi connectivity index (χ2n) is 8.17. The Bertz CT molecular complexity index is 689. The molecule has 8 heteroatoms. The first-order chi connectivity index (χ1) is 13.8. The van der Waals surface area contributed by atoms with Crippen molar-refractivity contribution in [1.29, 1.82) is 0 Å². The van der Waals surface area contributed by atoms with Gasteiger partial charge in [0, 0.05) is 26.7 Å². The first kappa shape index (κ1) is 23.6. The van der Waals surface area contributed by atoms with Crippen LogP contribution in [0, 0.1) is 18.8 Å². The number of guanidine groups is 1. The third-order valence-corrected chi connectivity index (χ3v) is 6.33. The van der Waals surface area contributed by atoms with Crippen LogP contribution < -0.4 is 10.6 Å². The van der Waals surface area contributed by atoms with Gasteiger partial charge >= 0.3 is 5.97 Å². The van der Waals surface area contributed by atoms with Crippen molar-refractivity contribution in [2.24, 2.45) is 16.8 Å². The summed E-state index contributed by atoms with van der Waals surface area (Å²) in [4.78, 5) is 24.1. The van der Waals surface area contributed by atoms with E-state index in [0.29, 0.717) is 29.0 Å². The van der Waals surface area contributed by atoms with E-state index in [0.717, 1.165) is 24.1 Å². The fraction of sp³-hybridized carbons (Fsp3) is 0.762. The molecule has 0 bridgehead atoms. The highest BCUT2D eigenvalue weighted by Crippen LogP contribution is 2.24. The summed E-state index contributed by atoms with van der Waals surface area (Å²) in [6.45, 7) is 15.1. The molecule has 2 unspecified atom stereocenters. The number of aromatic nitrogens is 1. The summed E-state index contributed by atoms with van der Waals surface area (Å²) in [7, 11) is 1.78. The number of piperidine rings is 1. The summed E-state index contributed by atoms with van der Waals surface area (Å²) in [5, 5.41) is 7.73. The largest absolute Gasteiger partial charge is 0.462 e. The van der Waals surface area contributed by atoms with Crippen molar-refractivity contribution in [2.75, 3.05) is 39.8 Å². The van der Waals surface area contributed by atoms with Gasteiger partial charge in [-0.1, -0.05) is 13.8 Å². The quantitative estimate of drug-likeness (QED) is 0.380. The van der Waals surface area contributed by atoms with E-state index in [1.165, 1.54) is 37.3 Å². The molecule has 1 aromatic heterocycles. The zero-order valence-electron chi connectivity index (χ0n) is 18.7. The zero-order chi connectivity index (χ0) is 21.4. The second kappa shape index (κ2) is 11.5. The van der Waals surface area contributed by atoms with E-state index in [1.54, 1.807) is 7.05 Å². The third kappa shape index (κ3) is 7.26. The molecule has 7 nitrogen and oxygen atoms in total. The number of ether oxygens (including phenoxy) is 1. The zero-order valence-corrected chi connectivity index (χ0v) is 19.6. The highest BCUT2D eigenvalue weighted by Gasteiger charge is 2.22. The number of nitrogens with one attached hydrogen (secondary N) is 2. The van der Waals surface area contributed by atoms with E-state index >= 15 is 0 Å². The molecule has 0 amide bonds. The van der Waals surface area contributed by atoms with Crippen molar-refractivity contribution in [2.45, 2.75) is 53.5 Å². The van der Waals surface area contributed by atoms with Crippen molar-refractivity contribution in [3.8, 4) is 0 Å². The second-order valence-corrected chi connectivity index (χ2v) is 9.20. The molecule has 164 valence electrons. The molecule has 2 rings (SSSR count). The van der Waals surface area contributed by atoms with Gasteiger partial charge in [0.25, 0.3) is 0 Å². The summed E-state index contributed by atoms with van der Waals surface area (Å²) in [6, 6.07) is -0.0446. The van der Waals surface area contributed by atoms with Gasteiger partial charge in [0.2, 0.25) is 0 Å². The molecule has 0 aromatic carbocycles. The van der Waals surface area contributed by atoms with Gasteiger partial charge in [-0.05, 0) is 52.0 Å². The minimum atomic E-state index is -0.299. The average Bonchev–Trinajstić information content (AvgIpc) is 3.07. The van der Waals surface area contributed by atoms with E-state index in [2.05, 4.69) is 39.4 Å². The first-order valence-electron chi connectivity index (χ1n) is 10.7. The SMILES string of the molecule is CCOC(=O)c1sc(C(C)NC(=NC)NCC2CCCN(CC(C)C)C2)nc1C. The summed E-state index contributed by atoms with van der Waals surface area (Å²) in [5.41, 5.74) is 0.715. The number of hydrogen-bond acceptors (Lipinski definition) is 6. The number of likely N-dealkylation sites (tertiary alicyclic amines) is 1. The van der Waals surface area contributed by atoms with E-state index in [1.807, 2.05) is 20.8 Å². The van der Waals surface area contributed by atoms with Gasteiger partial charge in [-0.2, -0.15) is 0 Å². The average molecular weight is 424 g/mol. The summed E-state index contributed by atoms with van der Waals surface area (Å²) in [6.07, 6.45) is 2.51. The minimum absolute atomic E-state index is 0.0446. The molecule has 1 aliphatic rings. The summed E-state index contributed by atoms with van der Waals surface area (Å²) in [5.74, 6) is 1.81. The van der Waals surface area contributed by atoms with Crippen molar-refractivity contribution in [1.82, 2.24) is 20.5 Å². The van der Waals surface area contributed by atoms with Crippen LogP contribution in [0.1, 0.15) is 67.0 Å². The molecule has 0 spiro atoms. The van der Waals surface area contributed by atoms with Crippen LogP contribution in [0.15, 0.2) is 4.99 Å². The molecular formula is C21H37N5O2S. The molecule has 1 aromatic rings. The van der Waals surface area contributed by atoms with Gasteiger partial charge in [-0.3, -0.25) is 4.99 Å². The summed E-state index contributed by atoms with van der Waals surface area (Å²) >= 11 is 1.38. The van der Waals surface area contributed by atoms with Gasteiger partial charge in [-0.25, -0.2) is 9.78 Å². The molecule has 0 radical (unpaired) electrons. The van der Waals surface area contributed by atoms with Crippen LogP contribution in [0.3, 0.4) is 0 Å². The molecule has 29 heavy (non-hydrogen) atoms. The van der Waals surface area contributed by atoms with Crippen molar-refractivity contribution in [3.05, 3.63) is 15.6 Å². The fourth-order valence-electron chi connectivity index (χ4n) is 3.69. The smallest absolute Gasteiger partial charge is 0.350 e.